The van der Waals surface area contributed by atoms with Crippen molar-refractivity contribution in [1.29, 1.82) is 0 Å². The highest BCUT2D eigenvalue weighted by atomic mass is 14.9. The summed E-state index contributed by atoms with van der Waals surface area (Å²) in [5.74, 6) is 0. The monoisotopic (exact) mass is 295 g/mol. The van der Waals surface area contributed by atoms with Gasteiger partial charge >= 0.3 is 0 Å². The van der Waals surface area contributed by atoms with Crippen LogP contribution in [0.3, 0.4) is 0 Å². The summed E-state index contributed by atoms with van der Waals surface area (Å²) in [5.41, 5.74) is 6.43. The highest BCUT2D eigenvalue weighted by molar-refractivity contribution is 5.93. The van der Waals surface area contributed by atoms with Crippen LogP contribution < -0.4 is 5.32 Å². The average Bonchev–Trinajstić information content (AvgIpc) is 2.92. The number of nitrogens with one attached hydrogen (secondary N) is 2. The number of rotatable bonds is 6. The SMILES string of the molecule is C=C(NCCC)/C(C)=C/C(=C\C)c1c[nH]c2nc(C)ccc12. The summed E-state index contributed by atoms with van der Waals surface area (Å²) >= 11 is 0. The number of allylic oxidation sites excluding steroid dienone is 4. The standard InChI is InChI=1S/C19H25N3/c1-6-10-20-15(5)13(3)11-16(7-2)18-12-21-19-17(18)9-8-14(4)22-19/h7-9,11-12,20H,5-6,10H2,1-4H3,(H,21,22)/b13-11+,16-7+. The molecule has 2 aromatic heterocycles. The molecule has 0 saturated heterocycles. The summed E-state index contributed by atoms with van der Waals surface area (Å²) in [6, 6.07) is 4.17. The number of fused-ring (bicyclic) bond motifs is 1. The summed E-state index contributed by atoms with van der Waals surface area (Å²) in [6.45, 7) is 13.4. The van der Waals surface area contributed by atoms with E-state index in [-0.39, 0.29) is 0 Å². The molecule has 0 amide bonds. The predicted molar refractivity (Wildman–Crippen MR) is 95.7 cm³/mol. The average molecular weight is 295 g/mol. The lowest BCUT2D eigenvalue weighted by Crippen LogP contribution is -2.13. The third-order valence-corrected chi connectivity index (χ3v) is 3.74. The number of hydrogen-bond donors (Lipinski definition) is 2. The fourth-order valence-electron chi connectivity index (χ4n) is 2.39. The minimum absolute atomic E-state index is 0.934. The van der Waals surface area contributed by atoms with E-state index in [0.29, 0.717) is 0 Å². The number of aromatic amines is 1. The summed E-state index contributed by atoms with van der Waals surface area (Å²) in [6.07, 6.45) is 7.42. The molecule has 0 saturated carbocycles. The van der Waals surface area contributed by atoms with Crippen LogP contribution in [-0.4, -0.2) is 16.5 Å². The normalized spacial score (nSPS) is 12.7. The molecule has 0 spiro atoms. The molecule has 0 unspecified atom stereocenters. The van der Waals surface area contributed by atoms with Crippen LogP contribution in [0.2, 0.25) is 0 Å². The summed E-state index contributed by atoms with van der Waals surface area (Å²) < 4.78 is 0. The third-order valence-electron chi connectivity index (χ3n) is 3.74. The maximum Gasteiger partial charge on any atom is 0.138 e. The first-order valence-electron chi connectivity index (χ1n) is 7.79. The van der Waals surface area contributed by atoms with Crippen molar-refractivity contribution in [3.63, 3.8) is 0 Å². The molecular formula is C19H25N3. The van der Waals surface area contributed by atoms with Gasteiger partial charge < -0.3 is 10.3 Å². The Morgan fingerprint density at radius 2 is 2.18 bits per heavy atom. The van der Waals surface area contributed by atoms with Gasteiger partial charge in [-0.3, -0.25) is 0 Å². The molecule has 2 N–H and O–H groups in total. The van der Waals surface area contributed by atoms with Gasteiger partial charge in [0.15, 0.2) is 0 Å². The Kier molecular flexibility index (Phi) is 5.21. The summed E-state index contributed by atoms with van der Waals surface area (Å²) in [5, 5.41) is 4.49. The topological polar surface area (TPSA) is 40.7 Å². The van der Waals surface area contributed by atoms with Gasteiger partial charge in [-0.2, -0.15) is 0 Å². The van der Waals surface area contributed by atoms with Crippen LogP contribution in [-0.2, 0) is 0 Å². The molecule has 0 aliphatic heterocycles. The van der Waals surface area contributed by atoms with Crippen LogP contribution in [0.5, 0.6) is 0 Å². The second-order valence-electron chi connectivity index (χ2n) is 5.53. The van der Waals surface area contributed by atoms with Gasteiger partial charge in [0.1, 0.15) is 5.65 Å². The maximum absolute atomic E-state index is 4.53. The predicted octanol–water partition coefficient (Wildman–Crippen LogP) is 4.73. The maximum atomic E-state index is 4.53. The van der Waals surface area contributed by atoms with E-state index in [4.69, 9.17) is 0 Å². The molecule has 3 nitrogen and oxygen atoms in total. The van der Waals surface area contributed by atoms with Crippen molar-refractivity contribution in [3.8, 4) is 0 Å². The Morgan fingerprint density at radius 1 is 1.41 bits per heavy atom. The van der Waals surface area contributed by atoms with Crippen molar-refractivity contribution in [1.82, 2.24) is 15.3 Å². The number of H-pyrrole nitrogens is 1. The van der Waals surface area contributed by atoms with Crippen LogP contribution in [0, 0.1) is 6.92 Å². The van der Waals surface area contributed by atoms with Gasteiger partial charge in [-0.25, -0.2) is 4.98 Å². The van der Waals surface area contributed by atoms with Gasteiger partial charge in [0.05, 0.1) is 0 Å². The molecule has 22 heavy (non-hydrogen) atoms. The van der Waals surface area contributed by atoms with Crippen LogP contribution in [0.1, 0.15) is 38.4 Å². The number of nitrogens with zero attached hydrogens (tertiary/aromatic N) is 1. The molecule has 2 rings (SSSR count). The molecule has 0 atom stereocenters. The lowest BCUT2D eigenvalue weighted by molar-refractivity contribution is 0.778. The van der Waals surface area contributed by atoms with E-state index < -0.39 is 0 Å². The Hall–Kier alpha value is -2.29. The molecular weight excluding hydrogens is 270 g/mol. The van der Waals surface area contributed by atoms with Gasteiger partial charge in [-0.1, -0.05) is 19.6 Å². The lowest BCUT2D eigenvalue weighted by Gasteiger charge is -2.10. The number of aromatic nitrogens is 2. The van der Waals surface area contributed by atoms with Crippen molar-refractivity contribution in [2.24, 2.45) is 0 Å². The minimum Gasteiger partial charge on any atom is -0.385 e. The van der Waals surface area contributed by atoms with Crippen LogP contribution in [0.4, 0.5) is 0 Å². The second kappa shape index (κ2) is 7.12. The zero-order valence-corrected chi connectivity index (χ0v) is 14.0. The molecule has 116 valence electrons. The van der Waals surface area contributed by atoms with Gasteiger partial charge in [0, 0.05) is 35.1 Å². The van der Waals surface area contributed by atoms with E-state index in [9.17, 15) is 0 Å². The van der Waals surface area contributed by atoms with Crippen LogP contribution in [0.15, 0.2) is 48.3 Å². The molecule has 3 heteroatoms. The van der Waals surface area contributed by atoms with Gasteiger partial charge in [0.25, 0.3) is 0 Å². The number of pyridine rings is 1. The van der Waals surface area contributed by atoms with Crippen molar-refractivity contribution < 1.29 is 0 Å². The molecule has 2 heterocycles. The third kappa shape index (κ3) is 3.48. The van der Waals surface area contributed by atoms with Crippen LogP contribution >= 0.6 is 0 Å². The largest absolute Gasteiger partial charge is 0.385 e. The van der Waals surface area contributed by atoms with Crippen LogP contribution in [0.25, 0.3) is 16.6 Å². The molecule has 0 aliphatic rings. The second-order valence-corrected chi connectivity index (χ2v) is 5.53. The quantitative estimate of drug-likeness (QED) is 0.756. The summed E-state index contributed by atoms with van der Waals surface area (Å²) in [4.78, 5) is 7.80. The Labute approximate surface area is 132 Å². The van der Waals surface area contributed by atoms with E-state index in [2.05, 4.69) is 60.9 Å². The van der Waals surface area contributed by atoms with Crippen molar-refractivity contribution in [2.45, 2.75) is 34.1 Å². The zero-order valence-electron chi connectivity index (χ0n) is 14.0. The smallest absolute Gasteiger partial charge is 0.138 e. The number of hydrogen-bond acceptors (Lipinski definition) is 2. The molecule has 0 bridgehead atoms. The van der Waals surface area contributed by atoms with Gasteiger partial charge in [-0.15, -0.1) is 0 Å². The molecule has 0 fully saturated rings. The molecule has 0 aromatic carbocycles. The lowest BCUT2D eigenvalue weighted by atomic mass is 10.0. The zero-order chi connectivity index (χ0) is 16.1. The molecule has 0 aliphatic carbocycles. The minimum atomic E-state index is 0.934. The van der Waals surface area contributed by atoms with Crippen molar-refractivity contribution in [2.75, 3.05) is 6.54 Å². The van der Waals surface area contributed by atoms with Gasteiger partial charge in [0.2, 0.25) is 0 Å². The Balaban J connectivity index is 2.33. The summed E-state index contributed by atoms with van der Waals surface area (Å²) in [7, 11) is 0. The molecule has 0 radical (unpaired) electrons. The highest BCUT2D eigenvalue weighted by Crippen LogP contribution is 2.26. The number of aryl methyl sites for hydroxylation is 1. The van der Waals surface area contributed by atoms with Gasteiger partial charge in [-0.05, 0) is 56.5 Å². The fourth-order valence-corrected chi connectivity index (χ4v) is 2.39. The van der Waals surface area contributed by atoms with E-state index >= 15 is 0 Å². The van der Waals surface area contributed by atoms with Crippen molar-refractivity contribution >= 4 is 16.6 Å². The highest BCUT2D eigenvalue weighted by Gasteiger charge is 2.08. The Morgan fingerprint density at radius 3 is 2.86 bits per heavy atom. The first-order chi connectivity index (χ1) is 10.6. The first-order valence-corrected chi connectivity index (χ1v) is 7.79. The van der Waals surface area contributed by atoms with E-state index in [1.54, 1.807) is 0 Å². The van der Waals surface area contributed by atoms with E-state index in [1.165, 1.54) is 11.1 Å². The Bertz CT molecular complexity index is 732. The first kappa shape index (κ1) is 16.1. The fraction of sp³-hybridized carbons (Fsp3) is 0.316. The molecule has 2 aromatic rings. The van der Waals surface area contributed by atoms with E-state index in [1.807, 2.05) is 19.2 Å². The van der Waals surface area contributed by atoms with E-state index in [0.717, 1.165) is 41.0 Å². The van der Waals surface area contributed by atoms with Crippen molar-refractivity contribution in [3.05, 3.63) is 59.6 Å².